The van der Waals surface area contributed by atoms with E-state index in [4.69, 9.17) is 10.2 Å². The van der Waals surface area contributed by atoms with Crippen molar-refractivity contribution in [2.75, 3.05) is 13.2 Å². The van der Waals surface area contributed by atoms with Gasteiger partial charge in [0.15, 0.2) is 0 Å². The highest BCUT2D eigenvalue weighted by atomic mass is 16.3. The molecule has 1 aliphatic rings. The Morgan fingerprint density at radius 2 is 2.23 bits per heavy atom. The van der Waals surface area contributed by atoms with Crippen LogP contribution >= 0.6 is 0 Å². The Hall–Kier alpha value is -0.810. The maximum Gasteiger partial charge on any atom is 0.315 e. The van der Waals surface area contributed by atoms with Crippen molar-refractivity contribution in [1.82, 2.24) is 10.6 Å². The summed E-state index contributed by atoms with van der Waals surface area (Å²) in [4.78, 5) is 11.1. The lowest BCUT2D eigenvalue weighted by Gasteiger charge is -2.13. The topological polar surface area (TPSA) is 81.6 Å². The summed E-state index contributed by atoms with van der Waals surface area (Å²) < 4.78 is 0. The van der Waals surface area contributed by atoms with Crippen LogP contribution in [0.2, 0.25) is 0 Å². The molecule has 0 heterocycles. The fraction of sp³-hybridized carbons (Fsp3) is 0.875. The van der Waals surface area contributed by atoms with Crippen LogP contribution in [0.4, 0.5) is 4.79 Å². The van der Waals surface area contributed by atoms with Crippen molar-refractivity contribution in [3.05, 3.63) is 0 Å². The number of carbonyl (C=O) groups excluding carboxylic acids is 1. The summed E-state index contributed by atoms with van der Waals surface area (Å²) in [6.45, 7) is 1.71. The summed E-state index contributed by atoms with van der Waals surface area (Å²) >= 11 is 0. The van der Waals surface area contributed by atoms with Crippen LogP contribution in [-0.2, 0) is 0 Å². The molecule has 1 unspecified atom stereocenters. The summed E-state index contributed by atoms with van der Waals surface area (Å²) in [6, 6.07) is -0.285. The molecule has 5 nitrogen and oxygen atoms in total. The van der Waals surface area contributed by atoms with Crippen LogP contribution in [0.5, 0.6) is 0 Å². The van der Waals surface area contributed by atoms with E-state index in [9.17, 15) is 4.79 Å². The first-order valence-electron chi connectivity index (χ1n) is 4.41. The molecule has 0 aromatic heterocycles. The average Bonchev–Trinajstić information content (AvgIpc) is 2.79. The van der Waals surface area contributed by atoms with Crippen LogP contribution in [0.1, 0.15) is 19.8 Å². The number of aliphatic hydroxyl groups excluding tert-OH is 2. The van der Waals surface area contributed by atoms with Crippen LogP contribution in [0.25, 0.3) is 0 Å². The highest BCUT2D eigenvalue weighted by molar-refractivity contribution is 5.75. The molecule has 1 fully saturated rings. The molecule has 0 aliphatic heterocycles. The molecule has 2 amide bonds. The van der Waals surface area contributed by atoms with Gasteiger partial charge < -0.3 is 20.8 Å². The number of hydrogen-bond donors (Lipinski definition) is 4. The van der Waals surface area contributed by atoms with Gasteiger partial charge in [0.05, 0.1) is 12.7 Å². The highest BCUT2D eigenvalue weighted by Gasteiger charge is 2.38. The molecular weight excluding hydrogens is 172 g/mol. The zero-order valence-corrected chi connectivity index (χ0v) is 7.71. The van der Waals surface area contributed by atoms with E-state index >= 15 is 0 Å². The minimum Gasteiger partial charge on any atom is -0.394 e. The molecule has 0 aromatic carbocycles. The van der Waals surface area contributed by atoms with Crippen molar-refractivity contribution >= 4 is 6.03 Å². The lowest BCUT2D eigenvalue weighted by Crippen LogP contribution is -2.45. The first-order chi connectivity index (χ1) is 6.06. The van der Waals surface area contributed by atoms with Gasteiger partial charge in [-0.2, -0.15) is 0 Å². The Morgan fingerprint density at radius 3 is 2.69 bits per heavy atom. The Labute approximate surface area is 77.1 Å². The van der Waals surface area contributed by atoms with Crippen molar-refractivity contribution in [3.8, 4) is 0 Å². The van der Waals surface area contributed by atoms with Gasteiger partial charge in [-0.3, -0.25) is 0 Å². The van der Waals surface area contributed by atoms with Crippen LogP contribution in [-0.4, -0.2) is 41.0 Å². The molecule has 0 saturated heterocycles. The molecule has 0 bridgehead atoms. The predicted molar refractivity (Wildman–Crippen MR) is 47.3 cm³/mol. The molecule has 76 valence electrons. The standard InChI is InChI=1S/C8H16N2O3/c1-8(2-3-8)10-7(13)9-4-6(12)5-11/h6,11-12H,2-5H2,1H3,(H2,9,10,13). The average molecular weight is 188 g/mol. The lowest BCUT2D eigenvalue weighted by atomic mass is 10.3. The quantitative estimate of drug-likeness (QED) is 0.466. The maximum atomic E-state index is 11.1. The van der Waals surface area contributed by atoms with Gasteiger partial charge in [0.25, 0.3) is 0 Å². The first kappa shape index (κ1) is 10.3. The fourth-order valence-corrected chi connectivity index (χ4v) is 0.906. The smallest absolute Gasteiger partial charge is 0.315 e. The highest BCUT2D eigenvalue weighted by Crippen LogP contribution is 2.33. The van der Waals surface area contributed by atoms with Crippen molar-refractivity contribution in [2.45, 2.75) is 31.4 Å². The zero-order chi connectivity index (χ0) is 9.90. The number of aliphatic hydroxyl groups is 2. The summed E-state index contributed by atoms with van der Waals surface area (Å²) in [5, 5.41) is 22.6. The van der Waals surface area contributed by atoms with Gasteiger partial charge in [-0.15, -0.1) is 0 Å². The number of amides is 2. The van der Waals surface area contributed by atoms with Gasteiger partial charge in [0.2, 0.25) is 0 Å². The van der Waals surface area contributed by atoms with E-state index in [1.165, 1.54) is 0 Å². The molecule has 13 heavy (non-hydrogen) atoms. The van der Waals surface area contributed by atoms with Crippen molar-refractivity contribution < 1.29 is 15.0 Å². The number of carbonyl (C=O) groups is 1. The normalized spacial score (nSPS) is 20.5. The summed E-state index contributed by atoms with van der Waals surface area (Å²) in [7, 11) is 0. The third-order valence-corrected chi connectivity index (χ3v) is 2.12. The Kier molecular flexibility index (Phi) is 3.11. The SMILES string of the molecule is CC1(NC(=O)NCC(O)CO)CC1. The molecule has 0 radical (unpaired) electrons. The number of hydrogen-bond acceptors (Lipinski definition) is 3. The van der Waals surface area contributed by atoms with Gasteiger partial charge in [-0.25, -0.2) is 4.79 Å². The second-order valence-corrected chi connectivity index (χ2v) is 3.73. The van der Waals surface area contributed by atoms with Crippen LogP contribution in [0.15, 0.2) is 0 Å². The monoisotopic (exact) mass is 188 g/mol. The van der Waals surface area contributed by atoms with Gasteiger partial charge in [0, 0.05) is 12.1 Å². The van der Waals surface area contributed by atoms with E-state index < -0.39 is 6.10 Å². The van der Waals surface area contributed by atoms with Gasteiger partial charge in [-0.1, -0.05) is 0 Å². The van der Waals surface area contributed by atoms with Crippen molar-refractivity contribution in [1.29, 1.82) is 0 Å². The van der Waals surface area contributed by atoms with E-state index in [0.29, 0.717) is 0 Å². The molecule has 5 heteroatoms. The van der Waals surface area contributed by atoms with Crippen LogP contribution < -0.4 is 10.6 Å². The minimum absolute atomic E-state index is 0.0474. The molecule has 1 atom stereocenters. The maximum absolute atomic E-state index is 11.1. The Morgan fingerprint density at radius 1 is 1.62 bits per heavy atom. The number of nitrogens with one attached hydrogen (secondary N) is 2. The van der Waals surface area contributed by atoms with E-state index in [0.717, 1.165) is 12.8 Å². The van der Waals surface area contributed by atoms with E-state index in [1.807, 2.05) is 6.92 Å². The number of rotatable bonds is 4. The predicted octanol–water partition coefficient (Wildman–Crippen LogP) is -0.809. The van der Waals surface area contributed by atoms with Gasteiger partial charge in [-0.05, 0) is 19.8 Å². The second kappa shape index (κ2) is 3.93. The van der Waals surface area contributed by atoms with Crippen molar-refractivity contribution in [2.24, 2.45) is 0 Å². The van der Waals surface area contributed by atoms with Crippen LogP contribution in [0, 0.1) is 0 Å². The summed E-state index contributed by atoms with van der Waals surface area (Å²) in [5.74, 6) is 0. The van der Waals surface area contributed by atoms with Crippen LogP contribution in [0.3, 0.4) is 0 Å². The van der Waals surface area contributed by atoms with Gasteiger partial charge in [0.1, 0.15) is 0 Å². The number of urea groups is 1. The first-order valence-corrected chi connectivity index (χ1v) is 4.41. The van der Waals surface area contributed by atoms with Crippen molar-refractivity contribution in [3.63, 3.8) is 0 Å². The molecule has 1 saturated carbocycles. The molecule has 1 rings (SSSR count). The molecule has 1 aliphatic carbocycles. The Balaban J connectivity index is 2.11. The second-order valence-electron chi connectivity index (χ2n) is 3.73. The Bertz CT molecular complexity index is 192. The van der Waals surface area contributed by atoms with E-state index in [2.05, 4.69) is 10.6 Å². The third kappa shape index (κ3) is 3.61. The third-order valence-electron chi connectivity index (χ3n) is 2.12. The summed E-state index contributed by atoms with van der Waals surface area (Å²) in [5.41, 5.74) is -0.0474. The molecular formula is C8H16N2O3. The minimum atomic E-state index is -0.877. The summed E-state index contributed by atoms with van der Waals surface area (Å²) in [6.07, 6.45) is 1.13. The molecule has 0 aromatic rings. The van der Waals surface area contributed by atoms with E-state index in [-0.39, 0.29) is 24.7 Å². The molecule has 4 N–H and O–H groups in total. The largest absolute Gasteiger partial charge is 0.394 e. The lowest BCUT2D eigenvalue weighted by molar-refractivity contribution is 0.0958. The zero-order valence-electron chi connectivity index (χ0n) is 7.71. The fourth-order valence-electron chi connectivity index (χ4n) is 0.906. The molecule has 0 spiro atoms. The van der Waals surface area contributed by atoms with E-state index in [1.54, 1.807) is 0 Å². The van der Waals surface area contributed by atoms with Gasteiger partial charge >= 0.3 is 6.03 Å².